The summed E-state index contributed by atoms with van der Waals surface area (Å²) < 4.78 is 5.95. The largest absolute Gasteiger partial charge is 0.487 e. The number of anilines is 1. The highest BCUT2D eigenvalue weighted by atomic mass is 35.5. The van der Waals surface area contributed by atoms with Gasteiger partial charge in [0.05, 0.1) is 16.6 Å². The zero-order valence-corrected chi connectivity index (χ0v) is 13.8. The molecule has 0 bridgehead atoms. The van der Waals surface area contributed by atoms with Gasteiger partial charge in [-0.05, 0) is 38.1 Å². The highest BCUT2D eigenvalue weighted by Crippen LogP contribution is 2.26. The first-order chi connectivity index (χ1) is 11.1. The van der Waals surface area contributed by atoms with E-state index in [4.69, 9.17) is 16.3 Å². The van der Waals surface area contributed by atoms with Crippen LogP contribution in [0, 0.1) is 0 Å². The van der Waals surface area contributed by atoms with Crippen molar-refractivity contribution in [3.05, 3.63) is 59.9 Å². The van der Waals surface area contributed by atoms with Gasteiger partial charge >= 0.3 is 0 Å². The minimum atomic E-state index is -0.0800. The fourth-order valence-electron chi connectivity index (χ4n) is 2.30. The van der Waals surface area contributed by atoms with E-state index >= 15 is 0 Å². The summed E-state index contributed by atoms with van der Waals surface area (Å²) in [6.07, 6.45) is 1.49. The predicted molar refractivity (Wildman–Crippen MR) is 94.2 cm³/mol. The Hall–Kier alpha value is -2.33. The number of hydrogen-bond acceptors (Lipinski definition) is 4. The van der Waals surface area contributed by atoms with E-state index in [1.165, 1.54) is 0 Å². The maximum atomic E-state index is 6.15. The van der Waals surface area contributed by atoms with Gasteiger partial charge in [0.1, 0.15) is 24.0 Å². The second-order valence-corrected chi connectivity index (χ2v) is 5.83. The smallest absolute Gasteiger partial charge is 0.138 e. The molecule has 0 spiro atoms. The third kappa shape index (κ3) is 3.54. The summed E-state index contributed by atoms with van der Waals surface area (Å²) in [4.78, 5) is 8.62. The Morgan fingerprint density at radius 1 is 1.00 bits per heavy atom. The second-order valence-electron chi connectivity index (χ2n) is 5.43. The van der Waals surface area contributed by atoms with Crippen LogP contribution in [0.1, 0.15) is 13.8 Å². The molecule has 0 fully saturated rings. The SMILES string of the molecule is CC(Nc1ncnc2ccccc12)C(C)Oc1ccccc1Cl. The van der Waals surface area contributed by atoms with E-state index in [1.54, 1.807) is 6.33 Å². The fraction of sp³-hybridized carbons (Fsp3) is 0.222. The van der Waals surface area contributed by atoms with Crippen LogP contribution in [0.5, 0.6) is 5.75 Å². The van der Waals surface area contributed by atoms with Crippen molar-refractivity contribution in [1.29, 1.82) is 0 Å². The van der Waals surface area contributed by atoms with Gasteiger partial charge in [-0.1, -0.05) is 35.9 Å². The molecule has 2 aromatic carbocycles. The standard InChI is InChI=1S/C18H18ClN3O/c1-12(13(2)23-17-10-6-4-8-15(17)19)22-18-14-7-3-5-9-16(14)20-11-21-18/h3-13H,1-2H3,(H,20,21,22). The third-order valence-corrected chi connectivity index (χ3v) is 4.07. The summed E-state index contributed by atoms with van der Waals surface area (Å²) in [5, 5.41) is 5.01. The molecule has 4 nitrogen and oxygen atoms in total. The molecule has 118 valence electrons. The number of nitrogens with one attached hydrogen (secondary N) is 1. The molecule has 1 N–H and O–H groups in total. The monoisotopic (exact) mass is 327 g/mol. The normalized spacial score (nSPS) is 13.5. The Labute approximate surface area is 140 Å². The number of fused-ring (bicyclic) bond motifs is 1. The Bertz CT molecular complexity index is 804. The van der Waals surface area contributed by atoms with Crippen molar-refractivity contribution in [2.75, 3.05) is 5.32 Å². The fourth-order valence-corrected chi connectivity index (χ4v) is 2.48. The molecule has 1 aromatic heterocycles. The van der Waals surface area contributed by atoms with Crippen molar-refractivity contribution >= 4 is 28.3 Å². The maximum Gasteiger partial charge on any atom is 0.138 e. The van der Waals surface area contributed by atoms with E-state index in [0.29, 0.717) is 10.8 Å². The van der Waals surface area contributed by atoms with E-state index in [9.17, 15) is 0 Å². The number of para-hydroxylation sites is 2. The molecular formula is C18H18ClN3O. The van der Waals surface area contributed by atoms with E-state index in [-0.39, 0.29) is 12.1 Å². The molecule has 5 heteroatoms. The molecule has 0 saturated carbocycles. The van der Waals surface area contributed by atoms with Crippen molar-refractivity contribution in [3.8, 4) is 5.75 Å². The van der Waals surface area contributed by atoms with Gasteiger partial charge < -0.3 is 10.1 Å². The molecule has 0 amide bonds. The van der Waals surface area contributed by atoms with Crippen LogP contribution in [0.15, 0.2) is 54.9 Å². The molecule has 0 saturated heterocycles. The summed E-state index contributed by atoms with van der Waals surface area (Å²) >= 11 is 6.15. The van der Waals surface area contributed by atoms with Gasteiger partial charge in [-0.25, -0.2) is 9.97 Å². The van der Waals surface area contributed by atoms with Gasteiger partial charge in [0.25, 0.3) is 0 Å². The Morgan fingerprint density at radius 3 is 2.57 bits per heavy atom. The molecule has 2 unspecified atom stereocenters. The third-order valence-electron chi connectivity index (χ3n) is 3.76. The van der Waals surface area contributed by atoms with Crippen molar-refractivity contribution in [2.24, 2.45) is 0 Å². The molecule has 3 rings (SSSR count). The van der Waals surface area contributed by atoms with Crippen LogP contribution in [0.2, 0.25) is 5.02 Å². The average Bonchev–Trinajstić information content (AvgIpc) is 2.57. The van der Waals surface area contributed by atoms with E-state index in [1.807, 2.05) is 55.5 Å². The van der Waals surface area contributed by atoms with Crippen molar-refractivity contribution < 1.29 is 4.74 Å². The molecule has 3 aromatic rings. The summed E-state index contributed by atoms with van der Waals surface area (Å²) in [5.41, 5.74) is 0.914. The second kappa shape index (κ2) is 6.84. The lowest BCUT2D eigenvalue weighted by Crippen LogP contribution is -2.33. The predicted octanol–water partition coefficient (Wildman–Crippen LogP) is 4.55. The average molecular weight is 328 g/mol. The van der Waals surface area contributed by atoms with E-state index in [2.05, 4.69) is 22.2 Å². The van der Waals surface area contributed by atoms with Crippen LogP contribution in [0.3, 0.4) is 0 Å². The van der Waals surface area contributed by atoms with Gasteiger partial charge in [-0.15, -0.1) is 0 Å². The Morgan fingerprint density at radius 2 is 1.74 bits per heavy atom. The lowest BCUT2D eigenvalue weighted by molar-refractivity contribution is 0.204. The van der Waals surface area contributed by atoms with Crippen molar-refractivity contribution in [3.63, 3.8) is 0 Å². The number of aromatic nitrogens is 2. The van der Waals surface area contributed by atoms with Gasteiger partial charge in [0.2, 0.25) is 0 Å². The lowest BCUT2D eigenvalue weighted by Gasteiger charge is -2.24. The molecule has 23 heavy (non-hydrogen) atoms. The Kier molecular flexibility index (Phi) is 4.63. The molecule has 2 atom stereocenters. The lowest BCUT2D eigenvalue weighted by atomic mass is 10.2. The van der Waals surface area contributed by atoms with Crippen LogP contribution < -0.4 is 10.1 Å². The topological polar surface area (TPSA) is 47.0 Å². The van der Waals surface area contributed by atoms with Gasteiger partial charge in [0.15, 0.2) is 0 Å². The molecule has 0 aliphatic carbocycles. The zero-order chi connectivity index (χ0) is 16.2. The van der Waals surface area contributed by atoms with Crippen LogP contribution in [-0.2, 0) is 0 Å². The zero-order valence-electron chi connectivity index (χ0n) is 13.0. The van der Waals surface area contributed by atoms with Crippen LogP contribution in [-0.4, -0.2) is 22.1 Å². The van der Waals surface area contributed by atoms with Crippen LogP contribution in [0.25, 0.3) is 10.9 Å². The minimum absolute atomic E-state index is 0.0459. The number of hydrogen-bond donors (Lipinski definition) is 1. The quantitative estimate of drug-likeness (QED) is 0.746. The van der Waals surface area contributed by atoms with Crippen molar-refractivity contribution in [1.82, 2.24) is 9.97 Å². The first-order valence-electron chi connectivity index (χ1n) is 7.52. The number of benzene rings is 2. The van der Waals surface area contributed by atoms with Gasteiger partial charge in [0, 0.05) is 5.39 Å². The molecular weight excluding hydrogens is 310 g/mol. The molecule has 0 aliphatic rings. The van der Waals surface area contributed by atoms with E-state index < -0.39 is 0 Å². The van der Waals surface area contributed by atoms with Crippen LogP contribution in [0.4, 0.5) is 5.82 Å². The maximum absolute atomic E-state index is 6.15. The minimum Gasteiger partial charge on any atom is -0.487 e. The number of rotatable bonds is 5. The molecule has 0 radical (unpaired) electrons. The Balaban J connectivity index is 1.75. The van der Waals surface area contributed by atoms with Crippen molar-refractivity contribution in [2.45, 2.75) is 26.0 Å². The first kappa shape index (κ1) is 15.6. The summed E-state index contributed by atoms with van der Waals surface area (Å²) in [5.74, 6) is 1.49. The molecule has 0 aliphatic heterocycles. The summed E-state index contributed by atoms with van der Waals surface area (Å²) in [6.45, 7) is 4.06. The molecule has 1 heterocycles. The number of halogens is 1. The first-order valence-corrected chi connectivity index (χ1v) is 7.90. The van der Waals surface area contributed by atoms with Crippen LogP contribution >= 0.6 is 11.6 Å². The number of ether oxygens (including phenoxy) is 1. The van der Waals surface area contributed by atoms with Gasteiger partial charge in [-0.3, -0.25) is 0 Å². The van der Waals surface area contributed by atoms with Gasteiger partial charge in [-0.2, -0.15) is 0 Å². The number of nitrogens with zero attached hydrogens (tertiary/aromatic N) is 2. The van der Waals surface area contributed by atoms with E-state index in [0.717, 1.165) is 16.7 Å². The highest BCUT2D eigenvalue weighted by Gasteiger charge is 2.16. The summed E-state index contributed by atoms with van der Waals surface area (Å²) in [6, 6.07) is 15.4. The highest BCUT2D eigenvalue weighted by molar-refractivity contribution is 6.32. The summed E-state index contributed by atoms with van der Waals surface area (Å²) in [7, 11) is 0.